The van der Waals surface area contributed by atoms with Crippen LogP contribution >= 0.6 is 0 Å². The van der Waals surface area contributed by atoms with Gasteiger partial charge in [0.05, 0.1) is 13.2 Å². The summed E-state index contributed by atoms with van der Waals surface area (Å²) in [5, 5.41) is 3.59. The number of hydrogen-bond donors (Lipinski definition) is 1. The number of nitrogens with one attached hydrogen (secondary N) is 1. The highest BCUT2D eigenvalue weighted by atomic mass is 16.5. The molecule has 0 radical (unpaired) electrons. The molecule has 1 saturated heterocycles. The molecule has 3 rings (SSSR count). The molecule has 0 aromatic carbocycles. The Kier molecular flexibility index (Phi) is 1.29. The summed E-state index contributed by atoms with van der Waals surface area (Å²) in [6, 6.07) is 0.886. The van der Waals surface area contributed by atoms with Crippen LogP contribution in [0.1, 0.15) is 12.8 Å². The lowest BCUT2D eigenvalue weighted by atomic mass is 10.3. The Balaban J connectivity index is 1.44. The van der Waals surface area contributed by atoms with Crippen LogP contribution in [0.2, 0.25) is 0 Å². The summed E-state index contributed by atoms with van der Waals surface area (Å²) in [5.41, 5.74) is 0. The minimum atomic E-state index is 0.886. The van der Waals surface area contributed by atoms with Gasteiger partial charge in [0.15, 0.2) is 0 Å². The predicted octanol–water partition coefficient (Wildman–Crippen LogP) is 0.631. The van der Waals surface area contributed by atoms with E-state index in [9.17, 15) is 0 Å². The Bertz CT molecular complexity index is 157. The van der Waals surface area contributed by atoms with Crippen LogP contribution in [-0.4, -0.2) is 25.8 Å². The van der Waals surface area contributed by atoms with Gasteiger partial charge in [0.25, 0.3) is 0 Å². The van der Waals surface area contributed by atoms with Crippen LogP contribution in [0, 0.1) is 17.8 Å². The monoisotopic (exact) mass is 153 g/mol. The van der Waals surface area contributed by atoms with Crippen LogP contribution in [-0.2, 0) is 4.74 Å². The fraction of sp³-hybridized carbons (Fsp3) is 1.00. The molecule has 2 atom stereocenters. The van der Waals surface area contributed by atoms with E-state index < -0.39 is 0 Å². The first-order valence-corrected chi connectivity index (χ1v) is 4.76. The molecule has 0 amide bonds. The van der Waals surface area contributed by atoms with Gasteiger partial charge >= 0.3 is 0 Å². The van der Waals surface area contributed by atoms with E-state index in [4.69, 9.17) is 4.74 Å². The standard InChI is InChI=1S/C9H15NO/c1-2-6(1)10-3-7-8-4-11-5-9(7)8/h6-10H,1-5H2. The number of ether oxygens (including phenoxy) is 1. The molecule has 1 aliphatic heterocycles. The highest BCUT2D eigenvalue weighted by molar-refractivity contribution is 5.02. The van der Waals surface area contributed by atoms with Gasteiger partial charge in [0, 0.05) is 6.04 Å². The second kappa shape index (κ2) is 2.20. The molecule has 0 aromatic rings. The fourth-order valence-corrected chi connectivity index (χ4v) is 2.25. The molecule has 2 saturated carbocycles. The zero-order chi connectivity index (χ0) is 7.26. The first-order valence-electron chi connectivity index (χ1n) is 4.76. The van der Waals surface area contributed by atoms with Crippen molar-refractivity contribution in [2.45, 2.75) is 18.9 Å². The van der Waals surface area contributed by atoms with Crippen molar-refractivity contribution in [3.8, 4) is 0 Å². The summed E-state index contributed by atoms with van der Waals surface area (Å²) in [4.78, 5) is 0. The summed E-state index contributed by atoms with van der Waals surface area (Å²) >= 11 is 0. The first kappa shape index (κ1) is 6.44. The van der Waals surface area contributed by atoms with E-state index in [-0.39, 0.29) is 0 Å². The summed E-state index contributed by atoms with van der Waals surface area (Å²) < 4.78 is 5.33. The Labute approximate surface area is 67.3 Å². The molecule has 2 unspecified atom stereocenters. The molecular weight excluding hydrogens is 138 g/mol. The van der Waals surface area contributed by atoms with Crippen LogP contribution in [0.4, 0.5) is 0 Å². The average molecular weight is 153 g/mol. The topological polar surface area (TPSA) is 21.3 Å². The van der Waals surface area contributed by atoms with Gasteiger partial charge in [0.2, 0.25) is 0 Å². The highest BCUT2D eigenvalue weighted by Gasteiger charge is 2.53. The molecule has 1 heterocycles. The quantitative estimate of drug-likeness (QED) is 0.642. The van der Waals surface area contributed by atoms with E-state index in [0.717, 1.165) is 37.0 Å². The molecule has 2 aliphatic carbocycles. The molecule has 0 aromatic heterocycles. The Morgan fingerprint density at radius 2 is 1.91 bits per heavy atom. The third-order valence-corrected chi connectivity index (χ3v) is 3.35. The van der Waals surface area contributed by atoms with Crippen molar-refractivity contribution >= 4 is 0 Å². The van der Waals surface area contributed by atoms with Crippen LogP contribution in [0.25, 0.3) is 0 Å². The first-order chi connectivity index (χ1) is 5.45. The van der Waals surface area contributed by atoms with Crippen molar-refractivity contribution in [1.82, 2.24) is 5.32 Å². The summed E-state index contributed by atoms with van der Waals surface area (Å²) in [7, 11) is 0. The molecule has 0 spiro atoms. The number of hydrogen-bond acceptors (Lipinski definition) is 2. The Morgan fingerprint density at radius 3 is 2.55 bits per heavy atom. The van der Waals surface area contributed by atoms with Crippen molar-refractivity contribution < 1.29 is 4.74 Å². The summed E-state index contributed by atoms with van der Waals surface area (Å²) in [6.07, 6.45) is 2.83. The van der Waals surface area contributed by atoms with E-state index in [1.165, 1.54) is 19.4 Å². The SMILES string of the molecule is C1CC1NCC1C2COCC12. The number of fused-ring (bicyclic) bond motifs is 1. The summed E-state index contributed by atoms with van der Waals surface area (Å²) in [6.45, 7) is 3.35. The van der Waals surface area contributed by atoms with E-state index in [1.807, 2.05) is 0 Å². The predicted molar refractivity (Wildman–Crippen MR) is 42.3 cm³/mol. The molecular formula is C9H15NO. The lowest BCUT2D eigenvalue weighted by Gasteiger charge is -2.04. The highest BCUT2D eigenvalue weighted by Crippen LogP contribution is 2.50. The van der Waals surface area contributed by atoms with Gasteiger partial charge in [0.1, 0.15) is 0 Å². The largest absolute Gasteiger partial charge is 0.381 e. The van der Waals surface area contributed by atoms with Gasteiger partial charge in [-0.05, 0) is 37.1 Å². The minimum Gasteiger partial charge on any atom is -0.381 e. The maximum absolute atomic E-state index is 5.33. The third-order valence-electron chi connectivity index (χ3n) is 3.35. The van der Waals surface area contributed by atoms with E-state index in [1.54, 1.807) is 0 Å². The molecule has 3 fully saturated rings. The van der Waals surface area contributed by atoms with Crippen LogP contribution in [0.15, 0.2) is 0 Å². The smallest absolute Gasteiger partial charge is 0.0501 e. The van der Waals surface area contributed by atoms with Gasteiger partial charge < -0.3 is 10.1 Å². The molecule has 0 bridgehead atoms. The van der Waals surface area contributed by atoms with Crippen molar-refractivity contribution in [2.24, 2.45) is 17.8 Å². The normalized spacial score (nSPS) is 47.5. The average Bonchev–Trinajstić information content (AvgIpc) is 2.89. The maximum atomic E-state index is 5.33. The summed E-state index contributed by atoms with van der Waals surface area (Å²) in [5.74, 6) is 2.84. The van der Waals surface area contributed by atoms with Crippen LogP contribution in [0.5, 0.6) is 0 Å². The molecule has 1 N–H and O–H groups in total. The second-order valence-electron chi connectivity index (χ2n) is 4.21. The number of rotatable bonds is 3. The van der Waals surface area contributed by atoms with Crippen molar-refractivity contribution in [3.63, 3.8) is 0 Å². The Hall–Kier alpha value is -0.0800. The minimum absolute atomic E-state index is 0.886. The van der Waals surface area contributed by atoms with Crippen LogP contribution < -0.4 is 5.32 Å². The van der Waals surface area contributed by atoms with E-state index >= 15 is 0 Å². The van der Waals surface area contributed by atoms with Gasteiger partial charge in [-0.25, -0.2) is 0 Å². The molecule has 2 nitrogen and oxygen atoms in total. The van der Waals surface area contributed by atoms with E-state index in [2.05, 4.69) is 5.32 Å². The lowest BCUT2D eigenvalue weighted by Crippen LogP contribution is -2.21. The Morgan fingerprint density at radius 1 is 1.18 bits per heavy atom. The molecule has 2 heteroatoms. The molecule has 62 valence electrons. The zero-order valence-corrected chi connectivity index (χ0v) is 6.75. The van der Waals surface area contributed by atoms with Crippen LogP contribution in [0.3, 0.4) is 0 Å². The second-order valence-corrected chi connectivity index (χ2v) is 4.21. The van der Waals surface area contributed by atoms with Gasteiger partial charge in [-0.3, -0.25) is 0 Å². The molecule has 3 aliphatic rings. The van der Waals surface area contributed by atoms with Gasteiger partial charge in [-0.1, -0.05) is 0 Å². The van der Waals surface area contributed by atoms with Gasteiger partial charge in [-0.15, -0.1) is 0 Å². The van der Waals surface area contributed by atoms with Crippen molar-refractivity contribution in [2.75, 3.05) is 19.8 Å². The third kappa shape index (κ3) is 1.09. The van der Waals surface area contributed by atoms with E-state index in [0.29, 0.717) is 0 Å². The van der Waals surface area contributed by atoms with Crippen molar-refractivity contribution in [3.05, 3.63) is 0 Å². The lowest BCUT2D eigenvalue weighted by molar-refractivity contribution is 0.150. The molecule has 11 heavy (non-hydrogen) atoms. The van der Waals surface area contributed by atoms with Crippen molar-refractivity contribution in [1.29, 1.82) is 0 Å². The zero-order valence-electron chi connectivity index (χ0n) is 6.75. The maximum Gasteiger partial charge on any atom is 0.0501 e. The fourth-order valence-electron chi connectivity index (χ4n) is 2.25. The van der Waals surface area contributed by atoms with Gasteiger partial charge in [-0.2, -0.15) is 0 Å².